The van der Waals surface area contributed by atoms with Crippen molar-refractivity contribution >= 4 is 17.5 Å². The van der Waals surface area contributed by atoms with Crippen molar-refractivity contribution < 1.29 is 14.0 Å². The van der Waals surface area contributed by atoms with Crippen molar-refractivity contribution in [1.29, 1.82) is 0 Å². The average Bonchev–Trinajstić information content (AvgIpc) is 2.72. The molecule has 0 radical (unpaired) electrons. The van der Waals surface area contributed by atoms with E-state index in [0.29, 0.717) is 17.8 Å². The van der Waals surface area contributed by atoms with Crippen LogP contribution >= 0.6 is 0 Å². The molecule has 3 N–H and O–H groups in total. The van der Waals surface area contributed by atoms with Gasteiger partial charge in [-0.15, -0.1) is 0 Å². The summed E-state index contributed by atoms with van der Waals surface area (Å²) in [4.78, 5) is 37.5. The molecular formula is C22H20FN3O3. The first-order valence-electron chi connectivity index (χ1n) is 9.12. The van der Waals surface area contributed by atoms with E-state index in [1.807, 2.05) is 6.92 Å². The fourth-order valence-corrected chi connectivity index (χ4v) is 2.90. The van der Waals surface area contributed by atoms with E-state index in [0.717, 1.165) is 6.42 Å². The number of benzene rings is 2. The molecule has 1 amide bonds. The van der Waals surface area contributed by atoms with Crippen LogP contribution in [0, 0.1) is 5.82 Å². The highest BCUT2D eigenvalue weighted by molar-refractivity contribution is 6.11. The number of nitrogens with one attached hydrogen (secondary N) is 1. The summed E-state index contributed by atoms with van der Waals surface area (Å²) < 4.78 is 14.3. The van der Waals surface area contributed by atoms with Crippen molar-refractivity contribution in [1.82, 2.24) is 9.88 Å². The Morgan fingerprint density at radius 3 is 2.45 bits per heavy atom. The molecule has 0 aliphatic heterocycles. The SMILES string of the molecule is CCCNC(=O)c1cccc(-n2c(N)c(C(=O)c3ccc(F)cc3)ccc2=O)c1. The molecule has 0 saturated carbocycles. The van der Waals surface area contributed by atoms with Crippen molar-refractivity contribution in [3.05, 3.63) is 93.5 Å². The maximum Gasteiger partial charge on any atom is 0.256 e. The molecule has 1 heterocycles. The molecular weight excluding hydrogens is 373 g/mol. The Balaban J connectivity index is 2.04. The van der Waals surface area contributed by atoms with E-state index >= 15 is 0 Å². The number of nitrogen functional groups attached to an aromatic ring is 1. The molecule has 0 spiro atoms. The minimum atomic E-state index is -0.461. The van der Waals surface area contributed by atoms with Crippen molar-refractivity contribution in [3.8, 4) is 5.69 Å². The van der Waals surface area contributed by atoms with Crippen LogP contribution < -0.4 is 16.6 Å². The number of nitrogens with zero attached hydrogens (tertiary/aromatic N) is 1. The van der Waals surface area contributed by atoms with Crippen molar-refractivity contribution in [2.75, 3.05) is 12.3 Å². The van der Waals surface area contributed by atoms with Crippen LogP contribution in [0.4, 0.5) is 10.2 Å². The predicted octanol–water partition coefficient (Wildman–Crippen LogP) is 2.93. The van der Waals surface area contributed by atoms with Gasteiger partial charge in [0.05, 0.1) is 11.3 Å². The molecule has 7 heteroatoms. The van der Waals surface area contributed by atoms with Gasteiger partial charge in [-0.2, -0.15) is 0 Å². The summed E-state index contributed by atoms with van der Waals surface area (Å²) in [7, 11) is 0. The lowest BCUT2D eigenvalue weighted by molar-refractivity contribution is 0.0953. The zero-order chi connectivity index (χ0) is 21.0. The Labute approximate surface area is 166 Å². The topological polar surface area (TPSA) is 94.2 Å². The van der Waals surface area contributed by atoms with Gasteiger partial charge in [-0.1, -0.05) is 13.0 Å². The summed E-state index contributed by atoms with van der Waals surface area (Å²) in [5.74, 6) is -1.22. The number of ketones is 1. The van der Waals surface area contributed by atoms with Crippen LogP contribution in [0.15, 0.2) is 65.5 Å². The van der Waals surface area contributed by atoms with E-state index in [1.54, 1.807) is 18.2 Å². The van der Waals surface area contributed by atoms with E-state index in [-0.39, 0.29) is 22.9 Å². The van der Waals surface area contributed by atoms with Crippen LogP contribution in [-0.2, 0) is 0 Å². The summed E-state index contributed by atoms with van der Waals surface area (Å²) >= 11 is 0. The molecule has 0 unspecified atom stereocenters. The minimum Gasteiger partial charge on any atom is -0.384 e. The fraction of sp³-hybridized carbons (Fsp3) is 0.136. The molecule has 0 saturated heterocycles. The minimum absolute atomic E-state index is 0.0575. The standard InChI is InChI=1S/C22H20FN3O3/c1-2-12-25-22(29)15-4-3-5-17(13-15)26-19(27)11-10-18(21(26)24)20(28)14-6-8-16(23)9-7-14/h3-11,13H,2,12,24H2,1H3,(H,25,29). The largest absolute Gasteiger partial charge is 0.384 e. The van der Waals surface area contributed by atoms with Gasteiger partial charge >= 0.3 is 0 Å². The smallest absolute Gasteiger partial charge is 0.256 e. The van der Waals surface area contributed by atoms with Gasteiger partial charge < -0.3 is 11.1 Å². The number of hydrogen-bond acceptors (Lipinski definition) is 4. The Bertz CT molecular complexity index is 1120. The van der Waals surface area contributed by atoms with Crippen molar-refractivity contribution in [2.45, 2.75) is 13.3 Å². The molecule has 29 heavy (non-hydrogen) atoms. The molecule has 0 bridgehead atoms. The van der Waals surface area contributed by atoms with Crippen molar-refractivity contribution in [2.24, 2.45) is 0 Å². The molecule has 3 aromatic rings. The first kappa shape index (κ1) is 20.0. The third kappa shape index (κ3) is 4.24. The van der Waals surface area contributed by atoms with Crippen LogP contribution in [0.3, 0.4) is 0 Å². The van der Waals surface area contributed by atoms with Crippen LogP contribution in [0.2, 0.25) is 0 Å². The zero-order valence-corrected chi connectivity index (χ0v) is 15.8. The van der Waals surface area contributed by atoms with Gasteiger partial charge in [0.25, 0.3) is 11.5 Å². The van der Waals surface area contributed by atoms with Crippen LogP contribution in [0.25, 0.3) is 5.69 Å². The first-order valence-corrected chi connectivity index (χ1v) is 9.12. The monoisotopic (exact) mass is 393 g/mol. The maximum atomic E-state index is 13.1. The summed E-state index contributed by atoms with van der Waals surface area (Å²) in [5.41, 5.74) is 6.81. The molecule has 3 rings (SSSR count). The molecule has 148 valence electrons. The van der Waals surface area contributed by atoms with Gasteiger partial charge in [0.15, 0.2) is 5.78 Å². The third-order valence-electron chi connectivity index (χ3n) is 4.38. The van der Waals surface area contributed by atoms with Gasteiger partial charge in [0, 0.05) is 23.7 Å². The summed E-state index contributed by atoms with van der Waals surface area (Å²) in [6.45, 7) is 2.48. The number of carbonyl (C=O) groups is 2. The maximum absolute atomic E-state index is 13.1. The molecule has 6 nitrogen and oxygen atoms in total. The van der Waals surface area contributed by atoms with Gasteiger partial charge in [-0.25, -0.2) is 4.39 Å². The van der Waals surface area contributed by atoms with Crippen LogP contribution in [-0.4, -0.2) is 22.8 Å². The van der Waals surface area contributed by atoms with Crippen LogP contribution in [0.5, 0.6) is 0 Å². The van der Waals surface area contributed by atoms with Crippen LogP contribution in [0.1, 0.15) is 39.6 Å². The Morgan fingerprint density at radius 1 is 1.03 bits per heavy atom. The number of nitrogens with two attached hydrogens (primary N) is 1. The van der Waals surface area contributed by atoms with Gasteiger partial charge in [-0.05, 0) is 55.0 Å². The second-order valence-electron chi connectivity index (χ2n) is 6.45. The summed E-state index contributed by atoms with van der Waals surface area (Å²) in [5, 5.41) is 2.77. The Morgan fingerprint density at radius 2 is 1.76 bits per heavy atom. The lowest BCUT2D eigenvalue weighted by atomic mass is 10.0. The van der Waals surface area contributed by atoms with E-state index < -0.39 is 17.2 Å². The number of hydrogen-bond donors (Lipinski definition) is 2. The molecule has 0 fully saturated rings. The summed E-state index contributed by atoms with van der Waals surface area (Å²) in [6.07, 6.45) is 0.797. The number of aromatic nitrogens is 1. The highest BCUT2D eigenvalue weighted by Gasteiger charge is 2.17. The predicted molar refractivity (Wildman–Crippen MR) is 109 cm³/mol. The lowest BCUT2D eigenvalue weighted by Crippen LogP contribution is -2.26. The third-order valence-corrected chi connectivity index (χ3v) is 4.38. The quantitative estimate of drug-likeness (QED) is 0.630. The van der Waals surface area contributed by atoms with E-state index in [2.05, 4.69) is 5.32 Å². The summed E-state index contributed by atoms with van der Waals surface area (Å²) in [6, 6.07) is 14.1. The van der Waals surface area contributed by atoms with Gasteiger partial charge in [0.2, 0.25) is 0 Å². The van der Waals surface area contributed by atoms with Gasteiger partial charge in [0.1, 0.15) is 11.6 Å². The fourth-order valence-electron chi connectivity index (χ4n) is 2.90. The van der Waals surface area contributed by atoms with E-state index in [1.165, 1.54) is 47.0 Å². The van der Waals surface area contributed by atoms with E-state index in [9.17, 15) is 18.8 Å². The second-order valence-corrected chi connectivity index (χ2v) is 6.45. The number of rotatable bonds is 6. The normalized spacial score (nSPS) is 10.6. The molecule has 1 aromatic heterocycles. The van der Waals surface area contributed by atoms with E-state index in [4.69, 9.17) is 5.73 Å². The highest BCUT2D eigenvalue weighted by Crippen LogP contribution is 2.20. The molecule has 0 atom stereocenters. The molecule has 0 aliphatic rings. The van der Waals surface area contributed by atoms with Gasteiger partial charge in [-0.3, -0.25) is 19.0 Å². The highest BCUT2D eigenvalue weighted by atomic mass is 19.1. The number of halogens is 1. The number of carbonyl (C=O) groups excluding carboxylic acids is 2. The number of amides is 1. The number of pyridine rings is 1. The average molecular weight is 393 g/mol. The first-order chi connectivity index (χ1) is 13.9. The number of anilines is 1. The Kier molecular flexibility index (Phi) is 5.87. The Hall–Kier alpha value is -3.74. The zero-order valence-electron chi connectivity index (χ0n) is 15.8. The van der Waals surface area contributed by atoms with Crippen molar-refractivity contribution in [3.63, 3.8) is 0 Å². The molecule has 0 aliphatic carbocycles. The second kappa shape index (κ2) is 8.52. The lowest BCUT2D eigenvalue weighted by Gasteiger charge is -2.14. The molecule has 2 aromatic carbocycles.